The third-order valence-corrected chi connectivity index (χ3v) is 4.88. The number of benzene rings is 2. The van der Waals surface area contributed by atoms with Crippen LogP contribution in [0.4, 0.5) is 11.4 Å². The molecule has 1 fully saturated rings. The largest absolute Gasteiger partial charge is 0.381 e. The number of anilines is 2. The van der Waals surface area contributed by atoms with Crippen LogP contribution in [0.2, 0.25) is 0 Å². The molecule has 0 spiro atoms. The van der Waals surface area contributed by atoms with Gasteiger partial charge in [-0.3, -0.25) is 4.79 Å². The maximum Gasteiger partial charge on any atom is 0.255 e. The molecule has 132 valence electrons. The molecule has 0 aliphatic carbocycles. The Kier molecular flexibility index (Phi) is 5.39. The third-order valence-electron chi connectivity index (χ3n) is 4.88. The molecule has 1 heterocycles. The number of aryl methyl sites for hydroxylation is 2. The number of carbonyl (C=O) groups is 1. The highest BCUT2D eigenvalue weighted by atomic mass is 16.1. The van der Waals surface area contributed by atoms with Crippen molar-refractivity contribution in [1.82, 2.24) is 4.90 Å². The molecule has 0 saturated carbocycles. The summed E-state index contributed by atoms with van der Waals surface area (Å²) in [7, 11) is 2.16. The number of nitrogens with one attached hydrogen (secondary N) is 2. The van der Waals surface area contributed by atoms with Crippen LogP contribution in [0.15, 0.2) is 42.5 Å². The molecule has 1 amide bonds. The van der Waals surface area contributed by atoms with Gasteiger partial charge in [0.1, 0.15) is 0 Å². The molecule has 2 aromatic carbocycles. The molecule has 25 heavy (non-hydrogen) atoms. The van der Waals surface area contributed by atoms with E-state index in [1.165, 1.54) is 5.56 Å². The van der Waals surface area contributed by atoms with E-state index < -0.39 is 0 Å². The fourth-order valence-electron chi connectivity index (χ4n) is 3.35. The van der Waals surface area contributed by atoms with E-state index in [2.05, 4.69) is 22.6 Å². The Labute approximate surface area is 150 Å². The molecule has 0 radical (unpaired) electrons. The zero-order chi connectivity index (χ0) is 17.8. The first-order valence-electron chi connectivity index (χ1n) is 8.95. The lowest BCUT2D eigenvalue weighted by atomic mass is 10.0. The van der Waals surface area contributed by atoms with Gasteiger partial charge in [0, 0.05) is 11.6 Å². The van der Waals surface area contributed by atoms with Crippen LogP contribution in [0.3, 0.4) is 0 Å². The van der Waals surface area contributed by atoms with Crippen LogP contribution in [0.5, 0.6) is 0 Å². The van der Waals surface area contributed by atoms with Crippen molar-refractivity contribution in [3.05, 3.63) is 59.2 Å². The Morgan fingerprint density at radius 1 is 1.04 bits per heavy atom. The van der Waals surface area contributed by atoms with Gasteiger partial charge >= 0.3 is 0 Å². The molecule has 2 aromatic rings. The van der Waals surface area contributed by atoms with E-state index >= 15 is 0 Å². The predicted octanol–water partition coefficient (Wildman–Crippen LogP) is 4.06. The van der Waals surface area contributed by atoms with Crippen molar-refractivity contribution in [2.45, 2.75) is 32.7 Å². The number of rotatable bonds is 4. The number of hydrogen-bond acceptors (Lipinski definition) is 3. The molecule has 4 heteroatoms. The average molecular weight is 337 g/mol. The van der Waals surface area contributed by atoms with Crippen molar-refractivity contribution >= 4 is 17.3 Å². The van der Waals surface area contributed by atoms with Crippen LogP contribution in [-0.2, 0) is 0 Å². The van der Waals surface area contributed by atoms with Crippen LogP contribution >= 0.6 is 0 Å². The summed E-state index contributed by atoms with van der Waals surface area (Å²) >= 11 is 0. The zero-order valence-corrected chi connectivity index (χ0v) is 15.3. The number of piperidine rings is 1. The van der Waals surface area contributed by atoms with Crippen molar-refractivity contribution in [2.24, 2.45) is 0 Å². The third kappa shape index (κ3) is 4.40. The maximum atomic E-state index is 12.7. The highest BCUT2D eigenvalue weighted by Crippen LogP contribution is 2.25. The summed E-state index contributed by atoms with van der Waals surface area (Å²) in [6, 6.07) is 14.3. The maximum absolute atomic E-state index is 12.7. The molecule has 1 saturated heterocycles. The lowest BCUT2D eigenvalue weighted by Crippen LogP contribution is -2.36. The minimum atomic E-state index is -0.0601. The highest BCUT2D eigenvalue weighted by Gasteiger charge is 2.18. The molecule has 0 aromatic heterocycles. The second-order valence-corrected chi connectivity index (χ2v) is 7.04. The number of hydrogen-bond donors (Lipinski definition) is 2. The van der Waals surface area contributed by atoms with E-state index in [0.717, 1.165) is 48.4 Å². The Bertz CT molecular complexity index is 749. The molecule has 4 nitrogen and oxygen atoms in total. The number of para-hydroxylation sites is 2. The summed E-state index contributed by atoms with van der Waals surface area (Å²) in [5.74, 6) is -0.0601. The standard InChI is InChI=1S/C21H27N3O/c1-15-8-9-18(16(2)14-15)21(25)23-20-7-5-4-6-19(20)22-17-10-12-24(3)13-11-17/h4-9,14,17,22H,10-13H2,1-3H3,(H,23,25). The van der Waals surface area contributed by atoms with E-state index in [0.29, 0.717) is 6.04 Å². The average Bonchev–Trinajstić information content (AvgIpc) is 2.58. The van der Waals surface area contributed by atoms with Crippen LogP contribution in [0.25, 0.3) is 0 Å². The summed E-state index contributed by atoms with van der Waals surface area (Å²) in [4.78, 5) is 15.0. The van der Waals surface area contributed by atoms with Gasteiger partial charge in [0.15, 0.2) is 0 Å². The molecule has 0 bridgehead atoms. The molecule has 3 rings (SSSR count). The van der Waals surface area contributed by atoms with E-state index in [-0.39, 0.29) is 5.91 Å². The Hall–Kier alpha value is -2.33. The number of nitrogens with zero attached hydrogens (tertiary/aromatic N) is 1. The minimum absolute atomic E-state index is 0.0601. The quantitative estimate of drug-likeness (QED) is 0.884. The van der Waals surface area contributed by atoms with Crippen molar-refractivity contribution in [2.75, 3.05) is 30.8 Å². The first-order chi connectivity index (χ1) is 12.0. The summed E-state index contributed by atoms with van der Waals surface area (Å²) in [6.45, 7) is 6.23. The summed E-state index contributed by atoms with van der Waals surface area (Å²) < 4.78 is 0. The smallest absolute Gasteiger partial charge is 0.255 e. The van der Waals surface area contributed by atoms with E-state index in [1.54, 1.807) is 0 Å². The molecule has 2 N–H and O–H groups in total. The first-order valence-corrected chi connectivity index (χ1v) is 8.95. The van der Waals surface area contributed by atoms with E-state index in [9.17, 15) is 4.79 Å². The van der Waals surface area contributed by atoms with E-state index in [4.69, 9.17) is 0 Å². The number of likely N-dealkylation sites (tertiary alicyclic amines) is 1. The lowest BCUT2D eigenvalue weighted by molar-refractivity contribution is 0.102. The first kappa shape index (κ1) is 17.5. The summed E-state index contributed by atoms with van der Waals surface area (Å²) in [5, 5.41) is 6.68. The zero-order valence-electron chi connectivity index (χ0n) is 15.3. The van der Waals surface area contributed by atoms with Crippen LogP contribution in [0.1, 0.15) is 34.3 Å². The number of carbonyl (C=O) groups excluding carboxylic acids is 1. The molecule has 0 atom stereocenters. The lowest BCUT2D eigenvalue weighted by Gasteiger charge is -2.30. The Morgan fingerprint density at radius 3 is 2.40 bits per heavy atom. The molecule has 1 aliphatic rings. The van der Waals surface area contributed by atoms with Gasteiger partial charge in [0.05, 0.1) is 11.4 Å². The SMILES string of the molecule is Cc1ccc(C(=O)Nc2ccccc2NC2CCN(C)CC2)c(C)c1. The van der Waals surface area contributed by atoms with Crippen molar-refractivity contribution < 1.29 is 4.79 Å². The molecular weight excluding hydrogens is 310 g/mol. The second-order valence-electron chi connectivity index (χ2n) is 7.04. The summed E-state index contributed by atoms with van der Waals surface area (Å²) in [6.07, 6.45) is 2.24. The van der Waals surface area contributed by atoms with Crippen molar-refractivity contribution in [3.8, 4) is 0 Å². The minimum Gasteiger partial charge on any atom is -0.381 e. The fourth-order valence-corrected chi connectivity index (χ4v) is 3.35. The van der Waals surface area contributed by atoms with Gasteiger partial charge in [-0.15, -0.1) is 0 Å². The molecular formula is C21H27N3O. The van der Waals surface area contributed by atoms with Crippen molar-refractivity contribution in [1.29, 1.82) is 0 Å². The predicted molar refractivity (Wildman–Crippen MR) is 104 cm³/mol. The van der Waals surface area contributed by atoms with Crippen molar-refractivity contribution in [3.63, 3.8) is 0 Å². The van der Waals surface area contributed by atoms with Gasteiger partial charge < -0.3 is 15.5 Å². The normalized spacial score (nSPS) is 15.8. The monoisotopic (exact) mass is 337 g/mol. The highest BCUT2D eigenvalue weighted by molar-refractivity contribution is 6.06. The van der Waals surface area contributed by atoms with Gasteiger partial charge in [-0.1, -0.05) is 29.8 Å². The topological polar surface area (TPSA) is 44.4 Å². The molecule has 0 unspecified atom stereocenters. The van der Waals surface area contributed by atoms with Gasteiger partial charge in [0.25, 0.3) is 5.91 Å². The van der Waals surface area contributed by atoms with Gasteiger partial charge in [0.2, 0.25) is 0 Å². The van der Waals surface area contributed by atoms with Gasteiger partial charge in [-0.25, -0.2) is 0 Å². The van der Waals surface area contributed by atoms with Crippen LogP contribution in [0, 0.1) is 13.8 Å². The Balaban J connectivity index is 1.73. The fraction of sp³-hybridized carbons (Fsp3) is 0.381. The van der Waals surface area contributed by atoms with E-state index in [1.807, 2.05) is 56.3 Å². The number of amides is 1. The van der Waals surface area contributed by atoms with Gasteiger partial charge in [-0.05, 0) is 70.6 Å². The van der Waals surface area contributed by atoms with Crippen LogP contribution < -0.4 is 10.6 Å². The second kappa shape index (κ2) is 7.70. The Morgan fingerprint density at radius 2 is 1.72 bits per heavy atom. The van der Waals surface area contributed by atoms with Crippen LogP contribution in [-0.4, -0.2) is 37.0 Å². The summed E-state index contributed by atoms with van der Waals surface area (Å²) in [5.41, 5.74) is 4.72. The van der Waals surface area contributed by atoms with Gasteiger partial charge in [-0.2, -0.15) is 0 Å². The molecule has 1 aliphatic heterocycles.